The number of carboxylic acids is 1. The van der Waals surface area contributed by atoms with E-state index in [0.29, 0.717) is 19.5 Å². The molecule has 0 spiro atoms. The lowest BCUT2D eigenvalue weighted by Crippen LogP contribution is -2.59. The molecule has 0 radical (unpaired) electrons. The first-order valence-corrected chi connectivity index (χ1v) is 5.84. The number of unbranched alkanes of at least 4 members (excludes halogenated alkanes) is 1. The van der Waals surface area contributed by atoms with Crippen LogP contribution >= 0.6 is 0 Å². The van der Waals surface area contributed by atoms with E-state index in [1.54, 1.807) is 11.8 Å². The third-order valence-corrected chi connectivity index (χ3v) is 3.06. The van der Waals surface area contributed by atoms with Crippen LogP contribution in [0.25, 0.3) is 0 Å². The van der Waals surface area contributed by atoms with Crippen LogP contribution in [0.1, 0.15) is 33.1 Å². The summed E-state index contributed by atoms with van der Waals surface area (Å²) in [6.45, 7) is 4.95. The number of hydrogen-bond acceptors (Lipinski definition) is 3. The smallest absolute Gasteiger partial charge is 0.320 e. The van der Waals surface area contributed by atoms with Crippen LogP contribution in [-0.2, 0) is 9.59 Å². The molecular formula is C11H20N2O3. The van der Waals surface area contributed by atoms with E-state index in [4.69, 9.17) is 0 Å². The molecule has 0 aromatic heterocycles. The zero-order valence-electron chi connectivity index (χ0n) is 9.90. The average Bonchev–Trinajstić information content (AvgIpc) is 2.24. The van der Waals surface area contributed by atoms with Gasteiger partial charge in [0.05, 0.1) is 6.04 Å². The van der Waals surface area contributed by atoms with Gasteiger partial charge in [-0.1, -0.05) is 19.8 Å². The predicted molar refractivity (Wildman–Crippen MR) is 60.1 cm³/mol. The number of nitrogens with zero attached hydrogens (tertiary/aromatic N) is 1. The number of piperazine rings is 1. The van der Waals surface area contributed by atoms with Gasteiger partial charge in [0.2, 0.25) is 5.91 Å². The van der Waals surface area contributed by atoms with Crippen molar-refractivity contribution in [1.82, 2.24) is 10.2 Å². The number of amides is 1. The highest BCUT2D eigenvalue weighted by molar-refractivity contribution is 5.83. The van der Waals surface area contributed by atoms with Crippen LogP contribution in [0.5, 0.6) is 0 Å². The van der Waals surface area contributed by atoms with Crippen LogP contribution in [0.15, 0.2) is 0 Å². The van der Waals surface area contributed by atoms with Gasteiger partial charge in [0.1, 0.15) is 6.04 Å². The molecule has 16 heavy (non-hydrogen) atoms. The Kier molecular flexibility index (Phi) is 4.73. The van der Waals surface area contributed by atoms with Crippen molar-refractivity contribution < 1.29 is 14.7 Å². The number of nitrogens with one attached hydrogen (secondary N) is 1. The fraction of sp³-hybridized carbons (Fsp3) is 0.818. The van der Waals surface area contributed by atoms with Gasteiger partial charge in [-0.2, -0.15) is 0 Å². The molecule has 0 aliphatic carbocycles. The molecule has 2 atom stereocenters. The first-order valence-electron chi connectivity index (χ1n) is 5.84. The van der Waals surface area contributed by atoms with Crippen LogP contribution < -0.4 is 5.32 Å². The lowest BCUT2D eigenvalue weighted by Gasteiger charge is -2.36. The third-order valence-electron chi connectivity index (χ3n) is 3.06. The monoisotopic (exact) mass is 228 g/mol. The normalized spacial score (nSPS) is 23.9. The lowest BCUT2D eigenvalue weighted by atomic mass is 10.0. The maximum Gasteiger partial charge on any atom is 0.320 e. The molecule has 2 unspecified atom stereocenters. The molecule has 5 nitrogen and oxygen atoms in total. The zero-order chi connectivity index (χ0) is 12.1. The molecule has 1 heterocycles. The van der Waals surface area contributed by atoms with E-state index in [9.17, 15) is 14.7 Å². The molecule has 5 heteroatoms. The number of hydrogen-bond donors (Lipinski definition) is 2. The molecule has 92 valence electrons. The fourth-order valence-corrected chi connectivity index (χ4v) is 2.05. The van der Waals surface area contributed by atoms with Gasteiger partial charge in [-0.15, -0.1) is 0 Å². The molecule has 2 N–H and O–H groups in total. The average molecular weight is 228 g/mol. The van der Waals surface area contributed by atoms with Gasteiger partial charge >= 0.3 is 5.97 Å². The number of carbonyl (C=O) groups is 2. The Morgan fingerprint density at radius 3 is 2.94 bits per heavy atom. The second kappa shape index (κ2) is 5.84. The van der Waals surface area contributed by atoms with E-state index >= 15 is 0 Å². The van der Waals surface area contributed by atoms with Crippen LogP contribution in [0.3, 0.4) is 0 Å². The molecule has 1 rings (SSSR count). The van der Waals surface area contributed by atoms with Crippen molar-refractivity contribution in [2.45, 2.75) is 45.2 Å². The summed E-state index contributed by atoms with van der Waals surface area (Å²) in [5, 5.41) is 11.9. The molecule has 1 saturated heterocycles. The fourth-order valence-electron chi connectivity index (χ4n) is 2.05. The molecular weight excluding hydrogens is 208 g/mol. The van der Waals surface area contributed by atoms with Crippen molar-refractivity contribution in [1.29, 1.82) is 0 Å². The first kappa shape index (κ1) is 13.0. The van der Waals surface area contributed by atoms with Crippen LogP contribution in [0, 0.1) is 0 Å². The van der Waals surface area contributed by atoms with Crippen LogP contribution in [0.4, 0.5) is 0 Å². The van der Waals surface area contributed by atoms with Gasteiger partial charge in [0.25, 0.3) is 0 Å². The van der Waals surface area contributed by atoms with Crippen molar-refractivity contribution in [3.63, 3.8) is 0 Å². The zero-order valence-corrected chi connectivity index (χ0v) is 9.90. The van der Waals surface area contributed by atoms with Gasteiger partial charge in [0, 0.05) is 13.1 Å². The van der Waals surface area contributed by atoms with Crippen molar-refractivity contribution >= 4 is 11.9 Å². The Morgan fingerprint density at radius 2 is 2.38 bits per heavy atom. The molecule has 1 amide bonds. The molecule has 0 bridgehead atoms. The van der Waals surface area contributed by atoms with Crippen LogP contribution in [0.2, 0.25) is 0 Å². The summed E-state index contributed by atoms with van der Waals surface area (Å²) in [4.78, 5) is 24.4. The molecule has 0 aromatic rings. The Balaban J connectivity index is 2.68. The maximum atomic E-state index is 11.5. The lowest BCUT2D eigenvalue weighted by molar-refractivity contribution is -0.147. The van der Waals surface area contributed by atoms with Gasteiger partial charge in [0.15, 0.2) is 0 Å². The first-order chi connectivity index (χ1) is 7.57. The Hall–Kier alpha value is -1.10. The maximum absolute atomic E-state index is 11.5. The number of carbonyl (C=O) groups excluding carboxylic acids is 1. The largest absolute Gasteiger partial charge is 0.480 e. The van der Waals surface area contributed by atoms with Crippen molar-refractivity contribution in [3.8, 4) is 0 Å². The number of carboxylic acid groups (broad SMARTS) is 1. The highest BCUT2D eigenvalue weighted by Crippen LogP contribution is 2.15. The summed E-state index contributed by atoms with van der Waals surface area (Å²) in [7, 11) is 0. The van der Waals surface area contributed by atoms with E-state index in [1.165, 1.54) is 0 Å². The van der Waals surface area contributed by atoms with Gasteiger partial charge in [-0.25, -0.2) is 0 Å². The van der Waals surface area contributed by atoms with Gasteiger partial charge in [-0.05, 0) is 13.3 Å². The molecule has 1 aliphatic rings. The topological polar surface area (TPSA) is 69.6 Å². The molecule has 1 fully saturated rings. The van der Waals surface area contributed by atoms with Crippen molar-refractivity contribution in [3.05, 3.63) is 0 Å². The molecule has 0 saturated carbocycles. The van der Waals surface area contributed by atoms with E-state index in [1.807, 2.05) is 6.92 Å². The summed E-state index contributed by atoms with van der Waals surface area (Å²) in [6.07, 6.45) is 2.46. The molecule has 0 aromatic carbocycles. The minimum Gasteiger partial charge on any atom is -0.480 e. The summed E-state index contributed by atoms with van der Waals surface area (Å²) >= 11 is 0. The Morgan fingerprint density at radius 1 is 1.69 bits per heavy atom. The minimum atomic E-state index is -0.824. The van der Waals surface area contributed by atoms with Crippen LogP contribution in [-0.4, -0.2) is 47.1 Å². The van der Waals surface area contributed by atoms with Gasteiger partial charge in [-0.3, -0.25) is 14.5 Å². The summed E-state index contributed by atoms with van der Waals surface area (Å²) < 4.78 is 0. The summed E-state index contributed by atoms with van der Waals surface area (Å²) in [5.74, 6) is -0.899. The predicted octanol–water partition coefficient (Wildman–Crippen LogP) is 0.450. The quantitative estimate of drug-likeness (QED) is 0.717. The highest BCUT2D eigenvalue weighted by Gasteiger charge is 2.34. The standard InChI is InChI=1S/C11H20N2O3/c1-3-4-5-9(11(15)16)13-7-6-12-10(14)8(13)2/h8-9H,3-7H2,1-2H3,(H,12,14)(H,15,16). The minimum absolute atomic E-state index is 0.0750. The second-order valence-corrected chi connectivity index (χ2v) is 4.20. The Bertz CT molecular complexity index is 268. The van der Waals surface area contributed by atoms with E-state index in [2.05, 4.69) is 5.32 Å². The highest BCUT2D eigenvalue weighted by atomic mass is 16.4. The number of aliphatic carboxylic acids is 1. The number of rotatable bonds is 5. The molecule has 1 aliphatic heterocycles. The van der Waals surface area contributed by atoms with Crippen molar-refractivity contribution in [2.75, 3.05) is 13.1 Å². The SMILES string of the molecule is CCCCC(C(=O)O)N1CCNC(=O)C1C. The van der Waals surface area contributed by atoms with E-state index in [0.717, 1.165) is 12.8 Å². The van der Waals surface area contributed by atoms with Crippen molar-refractivity contribution in [2.24, 2.45) is 0 Å². The second-order valence-electron chi connectivity index (χ2n) is 4.20. The third kappa shape index (κ3) is 2.95. The van der Waals surface area contributed by atoms with Gasteiger partial charge < -0.3 is 10.4 Å². The van der Waals surface area contributed by atoms with E-state index in [-0.39, 0.29) is 11.9 Å². The Labute approximate surface area is 95.8 Å². The summed E-state index contributed by atoms with van der Waals surface area (Å²) in [6, 6.07) is -0.868. The van der Waals surface area contributed by atoms with E-state index < -0.39 is 12.0 Å². The summed E-state index contributed by atoms with van der Waals surface area (Å²) in [5.41, 5.74) is 0.